The molecule has 0 unspecified atom stereocenters. The van der Waals surface area contributed by atoms with E-state index in [1.807, 2.05) is 6.92 Å². The van der Waals surface area contributed by atoms with Crippen LogP contribution in [0.4, 0.5) is 0 Å². The second-order valence-electron chi connectivity index (χ2n) is 4.90. The Morgan fingerprint density at radius 2 is 2.00 bits per heavy atom. The van der Waals surface area contributed by atoms with Crippen molar-refractivity contribution < 1.29 is 13.0 Å². The first-order chi connectivity index (χ1) is 9.86. The number of nitrogens with zero attached hydrogens (tertiary/aromatic N) is 5. The molecule has 8 nitrogen and oxygen atoms in total. The second-order valence-corrected chi connectivity index (χ2v) is 6.91. The van der Waals surface area contributed by atoms with Gasteiger partial charge in [0.25, 0.3) is 0 Å². The quantitative estimate of drug-likeness (QED) is 0.793. The molecule has 2 aromatic heterocycles. The molecule has 0 aliphatic rings. The lowest BCUT2D eigenvalue weighted by molar-refractivity contribution is 0.298. The third-order valence-electron chi connectivity index (χ3n) is 3.16. The summed E-state index contributed by atoms with van der Waals surface area (Å²) in [7, 11) is -2.12. The maximum atomic E-state index is 12.6. The van der Waals surface area contributed by atoms with Gasteiger partial charge in [0.2, 0.25) is 10.0 Å². The Hall–Kier alpha value is -1.74. The lowest BCUT2D eigenvalue weighted by Gasteiger charge is -2.15. The lowest BCUT2D eigenvalue weighted by atomic mass is 10.3. The van der Waals surface area contributed by atoms with Crippen LogP contribution in [-0.4, -0.2) is 39.9 Å². The molecule has 0 fully saturated rings. The summed E-state index contributed by atoms with van der Waals surface area (Å²) in [5.41, 5.74) is 1.57. The molecule has 0 aliphatic heterocycles. The molecule has 0 aliphatic carbocycles. The van der Waals surface area contributed by atoms with E-state index in [0.717, 1.165) is 6.42 Å². The SMILES string of the molecule is CCCn1cc(S(=O)(=O)N(C)Cc2nonc2C)c(C)n1. The van der Waals surface area contributed by atoms with E-state index in [9.17, 15) is 8.42 Å². The largest absolute Gasteiger partial charge is 0.271 e. The number of rotatable bonds is 6. The highest BCUT2D eigenvalue weighted by atomic mass is 32.2. The minimum Gasteiger partial charge on any atom is -0.271 e. The van der Waals surface area contributed by atoms with Crippen molar-refractivity contribution in [1.29, 1.82) is 0 Å². The molecule has 21 heavy (non-hydrogen) atoms. The van der Waals surface area contributed by atoms with E-state index < -0.39 is 10.0 Å². The normalized spacial score (nSPS) is 12.2. The van der Waals surface area contributed by atoms with E-state index in [0.29, 0.717) is 23.6 Å². The van der Waals surface area contributed by atoms with Gasteiger partial charge in [-0.15, -0.1) is 0 Å². The number of hydrogen-bond donors (Lipinski definition) is 0. The molecule has 0 spiro atoms. The molecule has 0 atom stereocenters. The summed E-state index contributed by atoms with van der Waals surface area (Å²) in [5, 5.41) is 11.6. The molecule has 0 radical (unpaired) electrons. The summed E-state index contributed by atoms with van der Waals surface area (Å²) in [6, 6.07) is 0. The zero-order valence-corrected chi connectivity index (χ0v) is 13.4. The van der Waals surface area contributed by atoms with Gasteiger partial charge in [0.1, 0.15) is 16.3 Å². The molecule has 0 saturated carbocycles. The molecule has 2 rings (SSSR count). The Balaban J connectivity index is 2.26. The van der Waals surface area contributed by atoms with E-state index in [1.54, 1.807) is 24.7 Å². The summed E-state index contributed by atoms with van der Waals surface area (Å²) in [5.74, 6) is 0. The van der Waals surface area contributed by atoms with Gasteiger partial charge >= 0.3 is 0 Å². The molecule has 0 aromatic carbocycles. The Labute approximate surface area is 123 Å². The third-order valence-corrected chi connectivity index (χ3v) is 5.07. The van der Waals surface area contributed by atoms with Gasteiger partial charge < -0.3 is 0 Å². The van der Waals surface area contributed by atoms with E-state index >= 15 is 0 Å². The van der Waals surface area contributed by atoms with Crippen LogP contribution in [0.15, 0.2) is 15.7 Å². The molecule has 0 bridgehead atoms. The van der Waals surface area contributed by atoms with Crippen molar-refractivity contribution in [1.82, 2.24) is 24.4 Å². The first-order valence-electron chi connectivity index (χ1n) is 6.64. The topological polar surface area (TPSA) is 94.1 Å². The van der Waals surface area contributed by atoms with E-state index in [4.69, 9.17) is 0 Å². The minimum atomic E-state index is -3.62. The summed E-state index contributed by atoms with van der Waals surface area (Å²) in [6.45, 7) is 6.22. The van der Waals surface area contributed by atoms with E-state index in [1.165, 1.54) is 11.4 Å². The molecule has 2 heterocycles. The van der Waals surface area contributed by atoms with Gasteiger partial charge in [0.05, 0.1) is 12.2 Å². The van der Waals surface area contributed by atoms with E-state index in [2.05, 4.69) is 20.0 Å². The lowest BCUT2D eigenvalue weighted by Crippen LogP contribution is -2.27. The second kappa shape index (κ2) is 5.94. The average Bonchev–Trinajstić information content (AvgIpc) is 2.97. The monoisotopic (exact) mass is 313 g/mol. The smallest absolute Gasteiger partial charge is 0.246 e. The van der Waals surface area contributed by atoms with Crippen molar-refractivity contribution in [3.63, 3.8) is 0 Å². The molecule has 0 N–H and O–H groups in total. The Bertz CT molecular complexity index is 719. The third kappa shape index (κ3) is 3.13. The summed E-state index contributed by atoms with van der Waals surface area (Å²) < 4.78 is 32.7. The fraction of sp³-hybridized carbons (Fsp3) is 0.583. The van der Waals surface area contributed by atoms with Crippen LogP contribution in [-0.2, 0) is 23.1 Å². The fourth-order valence-electron chi connectivity index (χ4n) is 1.95. The molecule has 2 aromatic rings. The first kappa shape index (κ1) is 15.6. The Morgan fingerprint density at radius 3 is 2.57 bits per heavy atom. The van der Waals surface area contributed by atoms with Gasteiger partial charge in [-0.25, -0.2) is 13.0 Å². The Morgan fingerprint density at radius 1 is 1.29 bits per heavy atom. The fourth-order valence-corrected chi connectivity index (χ4v) is 3.25. The van der Waals surface area contributed by atoms with Gasteiger partial charge in [0.15, 0.2) is 0 Å². The van der Waals surface area contributed by atoms with Crippen LogP contribution < -0.4 is 0 Å². The van der Waals surface area contributed by atoms with Gasteiger partial charge in [0, 0.05) is 19.8 Å². The standard InChI is InChI=1S/C12H19N5O3S/c1-5-6-17-8-12(10(3)13-17)21(18,19)16(4)7-11-9(2)14-20-15-11/h8H,5-7H2,1-4H3. The van der Waals surface area contributed by atoms with E-state index in [-0.39, 0.29) is 11.4 Å². The van der Waals surface area contributed by atoms with Crippen molar-refractivity contribution in [3.8, 4) is 0 Å². The molecule has 0 amide bonds. The first-order valence-corrected chi connectivity index (χ1v) is 8.08. The number of hydrogen-bond acceptors (Lipinski definition) is 6. The molecule has 0 saturated heterocycles. The molecular weight excluding hydrogens is 294 g/mol. The van der Waals surface area contributed by atoms with Gasteiger partial charge in [-0.1, -0.05) is 17.2 Å². The van der Waals surface area contributed by atoms with Crippen LogP contribution in [0.5, 0.6) is 0 Å². The van der Waals surface area contributed by atoms with Gasteiger partial charge in [-0.2, -0.15) is 9.40 Å². The van der Waals surface area contributed by atoms with Crippen LogP contribution in [0.2, 0.25) is 0 Å². The average molecular weight is 313 g/mol. The van der Waals surface area contributed by atoms with Crippen molar-refractivity contribution >= 4 is 10.0 Å². The minimum absolute atomic E-state index is 0.107. The predicted molar refractivity (Wildman–Crippen MR) is 74.9 cm³/mol. The zero-order valence-electron chi connectivity index (χ0n) is 12.6. The molecular formula is C12H19N5O3S. The van der Waals surface area contributed by atoms with Crippen molar-refractivity contribution in [2.75, 3.05) is 7.05 Å². The van der Waals surface area contributed by atoms with Crippen LogP contribution in [0.1, 0.15) is 30.4 Å². The van der Waals surface area contributed by atoms with Crippen molar-refractivity contribution in [2.24, 2.45) is 0 Å². The number of sulfonamides is 1. The molecule has 9 heteroatoms. The number of aromatic nitrogens is 4. The highest BCUT2D eigenvalue weighted by molar-refractivity contribution is 7.89. The van der Waals surface area contributed by atoms with Crippen LogP contribution in [0, 0.1) is 13.8 Å². The maximum absolute atomic E-state index is 12.6. The zero-order chi connectivity index (χ0) is 15.6. The Kier molecular flexibility index (Phi) is 4.43. The highest BCUT2D eigenvalue weighted by Gasteiger charge is 2.26. The predicted octanol–water partition coefficient (Wildman–Crippen LogP) is 1.11. The van der Waals surface area contributed by atoms with Gasteiger partial charge in [-0.3, -0.25) is 4.68 Å². The summed E-state index contributed by atoms with van der Waals surface area (Å²) in [6.07, 6.45) is 2.46. The summed E-state index contributed by atoms with van der Waals surface area (Å²) in [4.78, 5) is 0.215. The van der Waals surface area contributed by atoms with Crippen LogP contribution in [0.25, 0.3) is 0 Å². The van der Waals surface area contributed by atoms with Crippen LogP contribution in [0.3, 0.4) is 0 Å². The van der Waals surface area contributed by atoms with Gasteiger partial charge in [-0.05, 0) is 20.3 Å². The highest BCUT2D eigenvalue weighted by Crippen LogP contribution is 2.20. The summed E-state index contributed by atoms with van der Waals surface area (Å²) >= 11 is 0. The van der Waals surface area contributed by atoms with Crippen LogP contribution >= 0.6 is 0 Å². The van der Waals surface area contributed by atoms with Crippen molar-refractivity contribution in [2.45, 2.75) is 45.2 Å². The molecule has 116 valence electrons. The maximum Gasteiger partial charge on any atom is 0.246 e. The van der Waals surface area contributed by atoms with Crippen molar-refractivity contribution in [3.05, 3.63) is 23.3 Å². The number of aryl methyl sites for hydroxylation is 3.